The second kappa shape index (κ2) is 9.45. The first-order chi connectivity index (χ1) is 13.8. The number of amides is 2. The van der Waals surface area contributed by atoms with Gasteiger partial charge in [0, 0.05) is 35.6 Å². The number of hydrogen-bond donors (Lipinski definition) is 1. The number of piperidine rings is 1. The Kier molecular flexibility index (Phi) is 6.96. The van der Waals surface area contributed by atoms with Gasteiger partial charge in [-0.2, -0.15) is 0 Å². The van der Waals surface area contributed by atoms with Gasteiger partial charge in [0.2, 0.25) is 11.8 Å². The molecule has 2 aromatic rings. The number of benzene rings is 2. The lowest BCUT2D eigenvalue weighted by Gasteiger charge is -2.32. The highest BCUT2D eigenvalue weighted by Gasteiger charge is 2.28. The van der Waals surface area contributed by atoms with E-state index in [0.29, 0.717) is 32.4 Å². The smallest absolute Gasteiger partial charge is 0.227 e. The highest BCUT2D eigenvalue weighted by atomic mass is 35.5. The standard InChI is InChI=1S/C24H29ClN2O2/c1-16(2)24(29)27-10-8-19(9-11-27)23(28)26-22-7-5-4-6-20(22)14-18-12-17(3)13-21(25)15-18/h4-7,12-13,15-16,19H,8-11,14H2,1-3H3,(H,26,28). The molecule has 1 aliphatic heterocycles. The quantitative estimate of drug-likeness (QED) is 0.745. The molecule has 2 amide bonds. The van der Waals surface area contributed by atoms with Crippen molar-refractivity contribution in [3.05, 3.63) is 64.2 Å². The molecule has 0 aliphatic carbocycles. The van der Waals surface area contributed by atoms with Crippen molar-refractivity contribution < 1.29 is 9.59 Å². The zero-order chi connectivity index (χ0) is 21.0. The fraction of sp³-hybridized carbons (Fsp3) is 0.417. The van der Waals surface area contributed by atoms with Crippen LogP contribution >= 0.6 is 11.6 Å². The first-order valence-electron chi connectivity index (χ1n) is 10.3. The molecule has 4 nitrogen and oxygen atoms in total. The minimum atomic E-state index is -0.0623. The summed E-state index contributed by atoms with van der Waals surface area (Å²) >= 11 is 6.20. The van der Waals surface area contributed by atoms with E-state index in [4.69, 9.17) is 11.6 Å². The van der Waals surface area contributed by atoms with Crippen molar-refractivity contribution in [1.82, 2.24) is 4.90 Å². The number of nitrogens with one attached hydrogen (secondary N) is 1. The summed E-state index contributed by atoms with van der Waals surface area (Å²) in [5, 5.41) is 3.85. The molecule has 1 fully saturated rings. The Balaban J connectivity index is 1.65. The highest BCUT2D eigenvalue weighted by Crippen LogP contribution is 2.25. The zero-order valence-electron chi connectivity index (χ0n) is 17.4. The maximum atomic E-state index is 12.9. The Hall–Kier alpha value is -2.33. The minimum absolute atomic E-state index is 0.00220. The Morgan fingerprint density at radius 2 is 1.83 bits per heavy atom. The van der Waals surface area contributed by atoms with Gasteiger partial charge in [-0.05, 0) is 61.1 Å². The summed E-state index contributed by atoms with van der Waals surface area (Å²) in [5.41, 5.74) is 4.15. The van der Waals surface area contributed by atoms with Gasteiger partial charge in [-0.15, -0.1) is 0 Å². The van der Waals surface area contributed by atoms with Crippen LogP contribution in [0.4, 0.5) is 5.69 Å². The highest BCUT2D eigenvalue weighted by molar-refractivity contribution is 6.30. The van der Waals surface area contributed by atoms with E-state index in [1.54, 1.807) is 0 Å². The summed E-state index contributed by atoms with van der Waals surface area (Å²) in [6.45, 7) is 7.16. The van der Waals surface area contributed by atoms with E-state index < -0.39 is 0 Å². The number of halogens is 1. The molecule has 1 saturated heterocycles. The number of likely N-dealkylation sites (tertiary alicyclic amines) is 1. The summed E-state index contributed by atoms with van der Waals surface area (Å²) in [7, 11) is 0. The molecule has 0 radical (unpaired) electrons. The topological polar surface area (TPSA) is 49.4 Å². The van der Waals surface area contributed by atoms with E-state index in [-0.39, 0.29) is 23.7 Å². The lowest BCUT2D eigenvalue weighted by atomic mass is 9.94. The lowest BCUT2D eigenvalue weighted by Crippen LogP contribution is -2.43. The maximum Gasteiger partial charge on any atom is 0.227 e. The number of carbonyl (C=O) groups is 2. The van der Waals surface area contributed by atoms with E-state index >= 15 is 0 Å². The molecule has 0 unspecified atom stereocenters. The maximum absolute atomic E-state index is 12.9. The normalized spacial score (nSPS) is 14.9. The van der Waals surface area contributed by atoms with Crippen LogP contribution in [0, 0.1) is 18.8 Å². The SMILES string of the molecule is Cc1cc(Cl)cc(Cc2ccccc2NC(=O)C2CCN(C(=O)C(C)C)CC2)c1. The van der Waals surface area contributed by atoms with E-state index in [0.717, 1.165) is 27.4 Å². The number of nitrogens with zero attached hydrogens (tertiary/aromatic N) is 1. The van der Waals surface area contributed by atoms with Crippen LogP contribution in [0.1, 0.15) is 43.4 Å². The third-order valence-corrected chi connectivity index (χ3v) is 5.66. The number of para-hydroxylation sites is 1. The van der Waals surface area contributed by atoms with E-state index in [1.165, 1.54) is 0 Å². The predicted molar refractivity (Wildman–Crippen MR) is 118 cm³/mol. The molecule has 0 bridgehead atoms. The molecule has 0 saturated carbocycles. The van der Waals surface area contributed by atoms with Gasteiger partial charge < -0.3 is 10.2 Å². The average molecular weight is 413 g/mol. The van der Waals surface area contributed by atoms with Crippen LogP contribution in [0.2, 0.25) is 5.02 Å². The van der Waals surface area contributed by atoms with Crippen LogP contribution in [-0.2, 0) is 16.0 Å². The third kappa shape index (κ3) is 5.60. The number of anilines is 1. The zero-order valence-corrected chi connectivity index (χ0v) is 18.1. The van der Waals surface area contributed by atoms with Gasteiger partial charge in [0.25, 0.3) is 0 Å². The monoisotopic (exact) mass is 412 g/mol. The molecule has 1 aliphatic rings. The van der Waals surface area contributed by atoms with Crippen molar-refractivity contribution in [2.45, 2.75) is 40.0 Å². The second-order valence-corrected chi connectivity index (χ2v) is 8.65. The van der Waals surface area contributed by atoms with Crippen molar-refractivity contribution in [1.29, 1.82) is 0 Å². The number of hydrogen-bond acceptors (Lipinski definition) is 2. The summed E-state index contributed by atoms with van der Waals surface area (Å²) in [6, 6.07) is 13.9. The average Bonchev–Trinajstić information content (AvgIpc) is 2.68. The molecular weight excluding hydrogens is 384 g/mol. The van der Waals surface area contributed by atoms with Crippen LogP contribution in [0.25, 0.3) is 0 Å². The fourth-order valence-corrected chi connectivity index (χ4v) is 4.20. The molecule has 3 rings (SSSR count). The Labute approximate surface area is 178 Å². The number of aryl methyl sites for hydroxylation is 1. The van der Waals surface area contributed by atoms with Crippen LogP contribution in [0.5, 0.6) is 0 Å². The molecular formula is C24H29ClN2O2. The van der Waals surface area contributed by atoms with Crippen LogP contribution in [0.3, 0.4) is 0 Å². The van der Waals surface area contributed by atoms with Crippen molar-refractivity contribution in [2.24, 2.45) is 11.8 Å². The first kappa shape index (κ1) is 21.4. The first-order valence-corrected chi connectivity index (χ1v) is 10.6. The molecule has 29 heavy (non-hydrogen) atoms. The summed E-state index contributed by atoms with van der Waals surface area (Å²) in [4.78, 5) is 26.9. The summed E-state index contributed by atoms with van der Waals surface area (Å²) < 4.78 is 0. The van der Waals surface area contributed by atoms with Crippen LogP contribution < -0.4 is 5.32 Å². The lowest BCUT2D eigenvalue weighted by molar-refractivity contribution is -0.137. The summed E-state index contributed by atoms with van der Waals surface area (Å²) in [5.74, 6) is 0.150. The van der Waals surface area contributed by atoms with E-state index in [9.17, 15) is 9.59 Å². The van der Waals surface area contributed by atoms with Gasteiger partial charge in [0.05, 0.1) is 0 Å². The van der Waals surface area contributed by atoms with Crippen molar-refractivity contribution in [3.8, 4) is 0 Å². The molecule has 1 heterocycles. The van der Waals surface area contributed by atoms with Gasteiger partial charge >= 0.3 is 0 Å². The number of carbonyl (C=O) groups excluding carboxylic acids is 2. The van der Waals surface area contributed by atoms with Crippen molar-refractivity contribution >= 4 is 29.1 Å². The molecule has 0 atom stereocenters. The molecule has 2 aromatic carbocycles. The Bertz CT molecular complexity index is 866. The van der Waals surface area contributed by atoms with E-state index in [1.807, 2.05) is 62.1 Å². The predicted octanol–water partition coefficient (Wildman–Crippen LogP) is 5.07. The van der Waals surface area contributed by atoms with Gasteiger partial charge in [0.1, 0.15) is 0 Å². The van der Waals surface area contributed by atoms with Gasteiger partial charge in [0.15, 0.2) is 0 Å². The van der Waals surface area contributed by atoms with E-state index in [2.05, 4.69) is 11.4 Å². The van der Waals surface area contributed by atoms with Crippen LogP contribution in [-0.4, -0.2) is 29.8 Å². The molecule has 5 heteroatoms. The Morgan fingerprint density at radius 1 is 1.14 bits per heavy atom. The molecule has 0 aromatic heterocycles. The van der Waals surface area contributed by atoms with Crippen LogP contribution in [0.15, 0.2) is 42.5 Å². The Morgan fingerprint density at radius 3 is 2.48 bits per heavy atom. The second-order valence-electron chi connectivity index (χ2n) is 8.21. The molecule has 1 N–H and O–H groups in total. The van der Waals surface area contributed by atoms with Gasteiger partial charge in [-0.1, -0.05) is 49.7 Å². The molecule has 0 spiro atoms. The van der Waals surface area contributed by atoms with Gasteiger partial charge in [-0.25, -0.2) is 0 Å². The molecule has 154 valence electrons. The summed E-state index contributed by atoms with van der Waals surface area (Å²) in [6.07, 6.45) is 2.12. The number of rotatable bonds is 5. The van der Waals surface area contributed by atoms with Gasteiger partial charge in [-0.3, -0.25) is 9.59 Å². The minimum Gasteiger partial charge on any atom is -0.342 e. The fourth-order valence-electron chi connectivity index (χ4n) is 3.89. The van der Waals surface area contributed by atoms with Crippen molar-refractivity contribution in [3.63, 3.8) is 0 Å². The largest absolute Gasteiger partial charge is 0.342 e. The third-order valence-electron chi connectivity index (χ3n) is 5.44. The van der Waals surface area contributed by atoms with Crippen molar-refractivity contribution in [2.75, 3.05) is 18.4 Å².